The molecule has 0 heterocycles. The van der Waals surface area contributed by atoms with Crippen LogP contribution in [0.4, 0.5) is 0 Å². The highest BCUT2D eigenvalue weighted by atomic mass is 16.5. The molecule has 0 aliphatic carbocycles. The Morgan fingerprint density at radius 2 is 1.65 bits per heavy atom. The molecule has 0 spiro atoms. The van der Waals surface area contributed by atoms with Gasteiger partial charge in [-0.2, -0.15) is 0 Å². The summed E-state index contributed by atoms with van der Waals surface area (Å²) in [5.41, 5.74) is 1.36. The van der Waals surface area contributed by atoms with Gasteiger partial charge in [-0.25, -0.2) is 0 Å². The zero-order valence-electron chi connectivity index (χ0n) is 13.5. The number of hydrogen-bond donors (Lipinski definition) is 1. The first-order valence-electron chi connectivity index (χ1n) is 6.97. The summed E-state index contributed by atoms with van der Waals surface area (Å²) < 4.78 is 16.1. The van der Waals surface area contributed by atoms with Crippen molar-refractivity contribution in [3.63, 3.8) is 0 Å². The monoisotopic (exact) mass is 281 g/mol. The molecule has 0 aromatic heterocycles. The van der Waals surface area contributed by atoms with E-state index in [1.165, 1.54) is 0 Å². The van der Waals surface area contributed by atoms with Crippen LogP contribution in [0, 0.1) is 5.41 Å². The largest absolute Gasteiger partial charge is 0.493 e. The van der Waals surface area contributed by atoms with E-state index in [1.807, 2.05) is 12.1 Å². The number of nitrogens with one attached hydrogen (secondary N) is 1. The topological polar surface area (TPSA) is 39.7 Å². The Morgan fingerprint density at radius 1 is 1.00 bits per heavy atom. The predicted octanol–water partition coefficient (Wildman–Crippen LogP) is 3.24. The van der Waals surface area contributed by atoms with E-state index in [2.05, 4.69) is 26.1 Å². The first kappa shape index (κ1) is 16.6. The van der Waals surface area contributed by atoms with E-state index < -0.39 is 0 Å². The molecule has 4 heteroatoms. The SMILES string of the molecule is CCC(C)(C)CNCc1ccc(OC)c(OC)c1OC. The third-order valence-electron chi connectivity index (χ3n) is 3.66. The molecule has 0 unspecified atom stereocenters. The molecule has 0 amide bonds. The van der Waals surface area contributed by atoms with Gasteiger partial charge in [-0.05, 0) is 17.9 Å². The van der Waals surface area contributed by atoms with Crippen LogP contribution in [0.1, 0.15) is 32.8 Å². The Hall–Kier alpha value is -1.42. The van der Waals surface area contributed by atoms with Crippen LogP contribution in [0.15, 0.2) is 12.1 Å². The molecule has 0 saturated heterocycles. The van der Waals surface area contributed by atoms with E-state index in [-0.39, 0.29) is 0 Å². The number of rotatable bonds is 8. The van der Waals surface area contributed by atoms with Crippen molar-refractivity contribution < 1.29 is 14.2 Å². The fraction of sp³-hybridized carbons (Fsp3) is 0.625. The molecule has 1 N–H and O–H groups in total. The van der Waals surface area contributed by atoms with Gasteiger partial charge < -0.3 is 19.5 Å². The number of hydrogen-bond acceptors (Lipinski definition) is 4. The Labute approximate surface area is 122 Å². The van der Waals surface area contributed by atoms with E-state index in [0.717, 1.165) is 30.8 Å². The highest BCUT2D eigenvalue weighted by Crippen LogP contribution is 2.39. The molecule has 0 aliphatic rings. The standard InChI is InChI=1S/C16H27NO3/c1-7-16(2,3)11-17-10-12-8-9-13(18-4)15(20-6)14(12)19-5/h8-9,17H,7,10-11H2,1-6H3. The fourth-order valence-electron chi connectivity index (χ4n) is 1.96. The summed E-state index contributed by atoms with van der Waals surface area (Å²) in [6.45, 7) is 8.42. The van der Waals surface area contributed by atoms with Gasteiger partial charge in [-0.15, -0.1) is 0 Å². The van der Waals surface area contributed by atoms with E-state index in [1.54, 1.807) is 21.3 Å². The molecule has 0 bridgehead atoms. The molecular formula is C16H27NO3. The summed E-state index contributed by atoms with van der Waals surface area (Å²) in [7, 11) is 4.90. The molecule has 1 aromatic carbocycles. The highest BCUT2D eigenvalue weighted by molar-refractivity contribution is 5.55. The summed E-state index contributed by atoms with van der Waals surface area (Å²) in [6.07, 6.45) is 1.14. The maximum atomic E-state index is 5.47. The third kappa shape index (κ3) is 4.04. The fourth-order valence-corrected chi connectivity index (χ4v) is 1.96. The lowest BCUT2D eigenvalue weighted by molar-refractivity contribution is 0.314. The van der Waals surface area contributed by atoms with Gasteiger partial charge in [0.05, 0.1) is 21.3 Å². The van der Waals surface area contributed by atoms with Crippen LogP contribution in [0.5, 0.6) is 17.2 Å². The van der Waals surface area contributed by atoms with Gasteiger partial charge in [0.1, 0.15) is 0 Å². The lowest BCUT2D eigenvalue weighted by Crippen LogP contribution is -2.28. The van der Waals surface area contributed by atoms with Crippen LogP contribution in [0.2, 0.25) is 0 Å². The quantitative estimate of drug-likeness (QED) is 0.794. The van der Waals surface area contributed by atoms with Crippen molar-refractivity contribution >= 4 is 0 Å². The highest BCUT2D eigenvalue weighted by Gasteiger charge is 2.17. The molecule has 0 atom stereocenters. The third-order valence-corrected chi connectivity index (χ3v) is 3.66. The molecule has 1 aromatic rings. The summed E-state index contributed by atoms with van der Waals surface area (Å²) in [5.74, 6) is 2.06. The Bertz CT molecular complexity index is 430. The van der Waals surface area contributed by atoms with E-state index >= 15 is 0 Å². The van der Waals surface area contributed by atoms with Crippen LogP contribution in [-0.4, -0.2) is 27.9 Å². The van der Waals surface area contributed by atoms with E-state index in [0.29, 0.717) is 16.9 Å². The minimum absolute atomic E-state index is 0.295. The van der Waals surface area contributed by atoms with Crippen molar-refractivity contribution in [2.45, 2.75) is 33.7 Å². The summed E-state index contributed by atoms with van der Waals surface area (Å²) in [4.78, 5) is 0. The molecule has 0 radical (unpaired) electrons. The van der Waals surface area contributed by atoms with Gasteiger partial charge in [0.2, 0.25) is 5.75 Å². The first-order chi connectivity index (χ1) is 9.49. The zero-order valence-corrected chi connectivity index (χ0v) is 13.5. The minimum atomic E-state index is 0.295. The maximum Gasteiger partial charge on any atom is 0.203 e. The van der Waals surface area contributed by atoms with Crippen LogP contribution in [0.3, 0.4) is 0 Å². The molecule has 4 nitrogen and oxygen atoms in total. The number of ether oxygens (including phenoxy) is 3. The minimum Gasteiger partial charge on any atom is -0.493 e. The van der Waals surface area contributed by atoms with E-state index in [9.17, 15) is 0 Å². The molecule has 114 valence electrons. The van der Waals surface area contributed by atoms with Crippen molar-refractivity contribution in [1.82, 2.24) is 5.32 Å². The van der Waals surface area contributed by atoms with Crippen LogP contribution in [-0.2, 0) is 6.54 Å². The molecular weight excluding hydrogens is 254 g/mol. The van der Waals surface area contributed by atoms with Gasteiger partial charge in [0.25, 0.3) is 0 Å². The Kier molecular flexibility index (Phi) is 6.14. The molecule has 20 heavy (non-hydrogen) atoms. The molecule has 0 fully saturated rings. The lowest BCUT2D eigenvalue weighted by atomic mass is 9.90. The lowest BCUT2D eigenvalue weighted by Gasteiger charge is -2.23. The van der Waals surface area contributed by atoms with Gasteiger partial charge in [0.15, 0.2) is 11.5 Å². The van der Waals surface area contributed by atoms with Crippen molar-refractivity contribution in [2.75, 3.05) is 27.9 Å². The number of benzene rings is 1. The second kappa shape index (κ2) is 7.39. The summed E-state index contributed by atoms with van der Waals surface area (Å²) in [6, 6.07) is 3.91. The Balaban J connectivity index is 2.85. The summed E-state index contributed by atoms with van der Waals surface area (Å²) in [5, 5.41) is 3.48. The number of methoxy groups -OCH3 is 3. The molecule has 0 aliphatic heterocycles. The van der Waals surface area contributed by atoms with Crippen molar-refractivity contribution in [1.29, 1.82) is 0 Å². The van der Waals surface area contributed by atoms with Crippen molar-refractivity contribution in [2.24, 2.45) is 5.41 Å². The maximum absolute atomic E-state index is 5.47. The van der Waals surface area contributed by atoms with Gasteiger partial charge >= 0.3 is 0 Å². The van der Waals surface area contributed by atoms with Crippen molar-refractivity contribution in [3.8, 4) is 17.2 Å². The second-order valence-corrected chi connectivity index (χ2v) is 5.61. The normalized spacial score (nSPS) is 11.3. The average Bonchev–Trinajstić information content (AvgIpc) is 2.46. The van der Waals surface area contributed by atoms with Gasteiger partial charge in [-0.3, -0.25) is 0 Å². The van der Waals surface area contributed by atoms with Crippen molar-refractivity contribution in [3.05, 3.63) is 17.7 Å². The average molecular weight is 281 g/mol. The van der Waals surface area contributed by atoms with Crippen LogP contribution < -0.4 is 19.5 Å². The smallest absolute Gasteiger partial charge is 0.203 e. The van der Waals surface area contributed by atoms with E-state index in [4.69, 9.17) is 14.2 Å². The Morgan fingerprint density at radius 3 is 2.15 bits per heavy atom. The first-order valence-corrected chi connectivity index (χ1v) is 6.97. The van der Waals surface area contributed by atoms with Gasteiger partial charge in [0, 0.05) is 18.7 Å². The molecule has 1 rings (SSSR count). The summed E-state index contributed by atoms with van der Waals surface area (Å²) >= 11 is 0. The molecule has 0 saturated carbocycles. The van der Waals surface area contributed by atoms with Crippen LogP contribution >= 0.6 is 0 Å². The second-order valence-electron chi connectivity index (χ2n) is 5.61. The van der Waals surface area contributed by atoms with Crippen LogP contribution in [0.25, 0.3) is 0 Å². The predicted molar refractivity (Wildman–Crippen MR) is 81.9 cm³/mol. The van der Waals surface area contributed by atoms with Gasteiger partial charge in [-0.1, -0.05) is 26.8 Å². The zero-order chi connectivity index (χ0) is 15.2.